The lowest BCUT2D eigenvalue weighted by atomic mass is 9.98. The van der Waals surface area contributed by atoms with Crippen molar-refractivity contribution in [1.29, 1.82) is 0 Å². The van der Waals surface area contributed by atoms with Crippen molar-refractivity contribution in [3.63, 3.8) is 0 Å². The molecule has 0 spiro atoms. The highest BCUT2D eigenvalue weighted by molar-refractivity contribution is 5.86. The maximum Gasteiger partial charge on any atom is 0.407 e. The Morgan fingerprint density at radius 3 is 2.36 bits per heavy atom. The average Bonchev–Trinajstić information content (AvgIpc) is 3.16. The lowest BCUT2D eigenvalue weighted by molar-refractivity contribution is -0.160. The van der Waals surface area contributed by atoms with Gasteiger partial charge in [0.1, 0.15) is 12.6 Å². The van der Waals surface area contributed by atoms with Crippen LogP contribution in [0, 0.1) is 0 Å². The van der Waals surface area contributed by atoms with Gasteiger partial charge < -0.3 is 24.8 Å². The number of carbonyl (C=O) groups is 3. The number of fused-ring (bicyclic) bond motifs is 3. The van der Waals surface area contributed by atoms with Crippen LogP contribution in [0.4, 0.5) is 4.79 Å². The average molecular weight is 453 g/mol. The number of hydrogen-bond acceptors (Lipinski definition) is 5. The van der Waals surface area contributed by atoms with Gasteiger partial charge in [-0.1, -0.05) is 61.9 Å². The van der Waals surface area contributed by atoms with Crippen molar-refractivity contribution < 1.29 is 29.0 Å². The second-order valence-corrected chi connectivity index (χ2v) is 8.29. The Balaban J connectivity index is 1.40. The van der Waals surface area contributed by atoms with Crippen molar-refractivity contribution in [3.05, 3.63) is 59.7 Å². The van der Waals surface area contributed by atoms with E-state index in [1.165, 1.54) is 4.90 Å². The number of carboxylic acids is 1. The fourth-order valence-corrected chi connectivity index (χ4v) is 4.55. The van der Waals surface area contributed by atoms with Crippen LogP contribution in [0.25, 0.3) is 11.1 Å². The highest BCUT2D eigenvalue weighted by atomic mass is 16.5. The van der Waals surface area contributed by atoms with E-state index in [0.717, 1.165) is 22.3 Å². The number of carboxylic acid groups (broad SMARTS) is 1. The largest absolute Gasteiger partial charge is 0.479 e. The summed E-state index contributed by atoms with van der Waals surface area (Å²) >= 11 is 0. The highest BCUT2D eigenvalue weighted by Crippen LogP contribution is 2.44. The molecule has 1 unspecified atom stereocenters. The topological polar surface area (TPSA) is 105 Å². The molecule has 33 heavy (non-hydrogen) atoms. The zero-order chi connectivity index (χ0) is 23.4. The lowest BCUT2D eigenvalue weighted by Gasteiger charge is -2.33. The molecule has 8 nitrogen and oxygen atoms in total. The van der Waals surface area contributed by atoms with Crippen LogP contribution in [0.1, 0.15) is 36.8 Å². The van der Waals surface area contributed by atoms with Gasteiger partial charge in [-0.3, -0.25) is 4.79 Å². The summed E-state index contributed by atoms with van der Waals surface area (Å²) < 4.78 is 10.8. The molecule has 1 aliphatic carbocycles. The minimum absolute atomic E-state index is 0.0409. The summed E-state index contributed by atoms with van der Waals surface area (Å²) in [7, 11) is 0. The van der Waals surface area contributed by atoms with E-state index in [0.29, 0.717) is 12.8 Å². The summed E-state index contributed by atoms with van der Waals surface area (Å²) in [6, 6.07) is 15.4. The van der Waals surface area contributed by atoms with Crippen molar-refractivity contribution in [2.45, 2.75) is 37.8 Å². The molecule has 0 saturated carbocycles. The first-order chi connectivity index (χ1) is 16.0. The molecule has 174 valence electrons. The smallest absolute Gasteiger partial charge is 0.407 e. The minimum atomic E-state index is -1.11. The van der Waals surface area contributed by atoms with E-state index < -0.39 is 24.2 Å². The number of morpholine rings is 1. The number of nitrogens with one attached hydrogen (secondary N) is 1. The molecular weight excluding hydrogens is 424 g/mol. The van der Waals surface area contributed by atoms with E-state index >= 15 is 0 Å². The van der Waals surface area contributed by atoms with E-state index in [2.05, 4.69) is 17.4 Å². The van der Waals surface area contributed by atoms with Gasteiger partial charge >= 0.3 is 12.1 Å². The molecule has 0 radical (unpaired) electrons. The van der Waals surface area contributed by atoms with Gasteiger partial charge in [0.05, 0.1) is 13.2 Å². The van der Waals surface area contributed by atoms with Crippen molar-refractivity contribution in [2.24, 2.45) is 0 Å². The molecule has 2 N–H and O–H groups in total. The van der Waals surface area contributed by atoms with Gasteiger partial charge in [-0.15, -0.1) is 0 Å². The molecule has 1 aliphatic heterocycles. The second-order valence-electron chi connectivity index (χ2n) is 8.29. The van der Waals surface area contributed by atoms with Crippen molar-refractivity contribution in [3.8, 4) is 11.1 Å². The predicted octanol–water partition coefficient (Wildman–Crippen LogP) is 3.01. The van der Waals surface area contributed by atoms with Gasteiger partial charge in [0, 0.05) is 12.5 Å². The van der Waals surface area contributed by atoms with E-state index in [9.17, 15) is 19.5 Å². The maximum absolute atomic E-state index is 13.0. The summed E-state index contributed by atoms with van der Waals surface area (Å²) in [5, 5.41) is 11.9. The normalized spacial score (nSPS) is 18.2. The second kappa shape index (κ2) is 10.0. The molecule has 2 atom stereocenters. The van der Waals surface area contributed by atoms with Crippen LogP contribution in [0.15, 0.2) is 48.5 Å². The van der Waals surface area contributed by atoms with Crippen LogP contribution in [0.2, 0.25) is 0 Å². The summed E-state index contributed by atoms with van der Waals surface area (Å²) in [4.78, 5) is 38.3. The number of benzene rings is 2. The van der Waals surface area contributed by atoms with Gasteiger partial charge in [0.2, 0.25) is 5.91 Å². The van der Waals surface area contributed by atoms with E-state index in [4.69, 9.17) is 9.47 Å². The fourth-order valence-electron chi connectivity index (χ4n) is 4.55. The first-order valence-electron chi connectivity index (χ1n) is 11.2. The van der Waals surface area contributed by atoms with Crippen LogP contribution in [-0.2, 0) is 19.1 Å². The van der Waals surface area contributed by atoms with Crippen molar-refractivity contribution >= 4 is 18.0 Å². The molecule has 2 aromatic rings. The number of aliphatic carboxylic acids is 1. The van der Waals surface area contributed by atoms with Gasteiger partial charge in [-0.05, 0) is 28.7 Å². The summed E-state index contributed by atoms with van der Waals surface area (Å²) in [6.45, 7) is 2.47. The molecule has 1 saturated heterocycles. The van der Waals surface area contributed by atoms with E-state index in [1.54, 1.807) is 0 Å². The van der Waals surface area contributed by atoms with Crippen LogP contribution < -0.4 is 5.32 Å². The highest BCUT2D eigenvalue weighted by Gasteiger charge is 2.34. The van der Waals surface area contributed by atoms with Crippen LogP contribution in [-0.4, -0.2) is 66.4 Å². The predicted molar refractivity (Wildman–Crippen MR) is 121 cm³/mol. The maximum atomic E-state index is 13.0. The zero-order valence-corrected chi connectivity index (χ0v) is 18.5. The molecule has 0 bridgehead atoms. The monoisotopic (exact) mass is 452 g/mol. The van der Waals surface area contributed by atoms with Gasteiger partial charge in [-0.25, -0.2) is 9.59 Å². The van der Waals surface area contributed by atoms with Gasteiger partial charge in [0.25, 0.3) is 0 Å². The number of carbonyl (C=O) groups excluding carboxylic acids is 2. The Bertz CT molecular complexity index is 994. The Hall–Kier alpha value is -3.39. The number of amides is 2. The number of alkyl carbamates (subject to hydrolysis) is 1. The number of ether oxygens (including phenoxy) is 2. The number of nitrogens with zero attached hydrogens (tertiary/aromatic N) is 1. The summed E-state index contributed by atoms with van der Waals surface area (Å²) in [6.07, 6.45) is -0.614. The van der Waals surface area contributed by atoms with Gasteiger partial charge in [-0.2, -0.15) is 0 Å². The summed E-state index contributed by atoms with van der Waals surface area (Å²) in [5.41, 5.74) is 4.50. The SMILES string of the molecule is CCC[C@@H](NC(=O)OCC1c2ccccc2-c2ccccc21)C(=O)N1CCOC(C(=O)O)C1. The first-order valence-corrected chi connectivity index (χ1v) is 11.2. The Morgan fingerprint density at radius 2 is 1.76 bits per heavy atom. The number of rotatable bonds is 7. The molecule has 0 aromatic heterocycles. The minimum Gasteiger partial charge on any atom is -0.479 e. The molecule has 2 amide bonds. The molecule has 2 aromatic carbocycles. The molecule has 8 heteroatoms. The quantitative estimate of drug-likeness (QED) is 0.669. The molecule has 2 aliphatic rings. The number of hydrogen-bond donors (Lipinski definition) is 2. The third-order valence-electron chi connectivity index (χ3n) is 6.16. The Kier molecular flexibility index (Phi) is 6.93. The summed E-state index contributed by atoms with van der Waals surface area (Å²) in [5.74, 6) is -1.50. The molecule has 1 heterocycles. The van der Waals surface area contributed by atoms with Crippen molar-refractivity contribution in [1.82, 2.24) is 10.2 Å². The van der Waals surface area contributed by atoms with Crippen LogP contribution in [0.5, 0.6) is 0 Å². The first kappa shape index (κ1) is 22.8. The molecule has 4 rings (SSSR count). The Morgan fingerprint density at radius 1 is 1.12 bits per heavy atom. The van der Waals surface area contributed by atoms with Crippen LogP contribution >= 0.6 is 0 Å². The van der Waals surface area contributed by atoms with E-state index in [1.807, 2.05) is 43.3 Å². The van der Waals surface area contributed by atoms with Crippen LogP contribution in [0.3, 0.4) is 0 Å². The van der Waals surface area contributed by atoms with Gasteiger partial charge in [0.15, 0.2) is 6.10 Å². The molecular formula is C25H28N2O6. The zero-order valence-electron chi connectivity index (χ0n) is 18.5. The Labute approximate surface area is 192 Å². The van der Waals surface area contributed by atoms with E-state index in [-0.39, 0.29) is 38.1 Å². The molecule has 1 fully saturated rings. The standard InChI is InChI=1S/C25H28N2O6/c1-2-7-21(23(28)27-12-13-32-22(14-27)24(29)30)26-25(31)33-15-20-18-10-5-3-8-16(18)17-9-4-6-11-19(17)20/h3-6,8-11,20-22H,2,7,12-15H2,1H3,(H,26,31)(H,29,30)/t21-,22?/m1/s1. The fraction of sp³-hybridized carbons (Fsp3) is 0.400. The lowest BCUT2D eigenvalue weighted by Crippen LogP contribution is -2.55. The third kappa shape index (κ3) is 4.85. The van der Waals surface area contributed by atoms with Crippen molar-refractivity contribution in [2.75, 3.05) is 26.3 Å². The third-order valence-corrected chi connectivity index (χ3v) is 6.16.